The second kappa shape index (κ2) is 8.32. The monoisotopic (exact) mass is 423 g/mol. The van der Waals surface area contributed by atoms with Crippen LogP contribution in [0.4, 0.5) is 0 Å². The first-order valence-corrected chi connectivity index (χ1v) is 11.1. The molecule has 0 saturated carbocycles. The molecule has 6 heteroatoms. The molecule has 0 N–H and O–H groups in total. The summed E-state index contributed by atoms with van der Waals surface area (Å²) in [6.45, 7) is 4.09. The maximum atomic E-state index is 12.8. The van der Waals surface area contributed by atoms with E-state index in [2.05, 4.69) is 33.9 Å². The van der Waals surface area contributed by atoms with E-state index in [0.29, 0.717) is 12.3 Å². The van der Waals surface area contributed by atoms with E-state index in [9.17, 15) is 4.79 Å². The summed E-state index contributed by atoms with van der Waals surface area (Å²) in [5, 5.41) is 0.766. The molecule has 0 bridgehead atoms. The van der Waals surface area contributed by atoms with Crippen molar-refractivity contribution in [2.24, 2.45) is 0 Å². The molecule has 1 saturated heterocycles. The average Bonchev–Trinajstić information content (AvgIpc) is 3.44. The minimum atomic E-state index is 0.0103. The zero-order valence-corrected chi connectivity index (χ0v) is 17.7. The van der Waals surface area contributed by atoms with E-state index in [-0.39, 0.29) is 11.9 Å². The van der Waals surface area contributed by atoms with Crippen LogP contribution in [0.3, 0.4) is 0 Å². The molecule has 30 heavy (non-hydrogen) atoms. The molecule has 156 valence electrons. The van der Waals surface area contributed by atoms with Gasteiger partial charge in [-0.2, -0.15) is 0 Å². The first-order valence-electron chi connectivity index (χ1n) is 10.7. The van der Waals surface area contributed by atoms with Crippen LogP contribution in [0.5, 0.6) is 0 Å². The number of amides is 1. The first kappa shape index (κ1) is 19.5. The molecule has 3 aromatic rings. The highest BCUT2D eigenvalue weighted by atomic mass is 35.5. The van der Waals surface area contributed by atoms with E-state index < -0.39 is 0 Å². The Morgan fingerprint density at radius 3 is 2.63 bits per heavy atom. The number of piperidine rings is 1. The molecule has 1 atom stereocenters. The molecule has 2 aromatic heterocycles. The Hall–Kier alpha value is -2.50. The highest BCUT2D eigenvalue weighted by molar-refractivity contribution is 6.31. The van der Waals surface area contributed by atoms with Crippen LogP contribution in [0.2, 0.25) is 5.02 Å². The predicted molar refractivity (Wildman–Crippen MR) is 117 cm³/mol. The Balaban J connectivity index is 1.39. The summed E-state index contributed by atoms with van der Waals surface area (Å²) in [5.41, 5.74) is 2.32. The van der Waals surface area contributed by atoms with Gasteiger partial charge in [-0.3, -0.25) is 9.69 Å². The van der Waals surface area contributed by atoms with Crippen molar-refractivity contribution in [3.8, 4) is 0 Å². The van der Waals surface area contributed by atoms with Crippen molar-refractivity contribution in [1.29, 1.82) is 0 Å². The lowest BCUT2D eigenvalue weighted by Crippen LogP contribution is -2.38. The highest BCUT2D eigenvalue weighted by Crippen LogP contribution is 2.37. The highest BCUT2D eigenvalue weighted by Gasteiger charge is 2.31. The van der Waals surface area contributed by atoms with Crippen molar-refractivity contribution in [1.82, 2.24) is 14.4 Å². The first-order chi connectivity index (χ1) is 14.7. The number of furan rings is 1. The van der Waals surface area contributed by atoms with Gasteiger partial charge in [0.05, 0.1) is 12.6 Å². The minimum Gasteiger partial charge on any atom is -0.455 e. The standard InChI is InChI=1S/C24H26ClN3O2/c25-20-8-3-2-7-19(20)23-21-9-6-14-26(21)15-16-28(23)17-18-10-11-22(30-18)24(29)27-12-4-1-5-13-27/h2-3,6-11,14,23H,1,4-5,12-13,15-17H2. The molecule has 1 unspecified atom stereocenters. The lowest BCUT2D eigenvalue weighted by atomic mass is 9.99. The zero-order chi connectivity index (χ0) is 20.5. The van der Waals surface area contributed by atoms with Crippen LogP contribution in [-0.2, 0) is 13.1 Å². The third-order valence-electron chi connectivity index (χ3n) is 6.21. The fraction of sp³-hybridized carbons (Fsp3) is 0.375. The van der Waals surface area contributed by atoms with Crippen molar-refractivity contribution >= 4 is 17.5 Å². The third-order valence-corrected chi connectivity index (χ3v) is 6.56. The van der Waals surface area contributed by atoms with Crippen molar-refractivity contribution in [3.63, 3.8) is 0 Å². The predicted octanol–water partition coefficient (Wildman–Crippen LogP) is 4.97. The Bertz CT molecular complexity index is 1030. The fourth-order valence-electron chi connectivity index (χ4n) is 4.69. The molecular weight excluding hydrogens is 398 g/mol. The third kappa shape index (κ3) is 3.68. The number of aromatic nitrogens is 1. The van der Waals surface area contributed by atoms with Gasteiger partial charge < -0.3 is 13.9 Å². The number of carbonyl (C=O) groups is 1. The summed E-state index contributed by atoms with van der Waals surface area (Å²) in [7, 11) is 0. The van der Waals surface area contributed by atoms with Crippen molar-refractivity contribution in [3.05, 3.63) is 82.5 Å². The second-order valence-electron chi connectivity index (χ2n) is 8.14. The Kier molecular flexibility index (Phi) is 5.40. The largest absolute Gasteiger partial charge is 0.455 e. The number of carbonyl (C=O) groups excluding carboxylic acids is 1. The van der Waals surface area contributed by atoms with Gasteiger partial charge in [0.1, 0.15) is 5.76 Å². The molecule has 0 spiro atoms. The van der Waals surface area contributed by atoms with Crippen molar-refractivity contribution < 1.29 is 9.21 Å². The SMILES string of the molecule is O=C(c1ccc(CN2CCn3cccc3C2c2ccccc2Cl)o1)N1CCCCC1. The molecule has 0 radical (unpaired) electrons. The topological polar surface area (TPSA) is 41.6 Å². The van der Waals surface area contributed by atoms with E-state index in [4.69, 9.17) is 16.0 Å². The number of hydrogen-bond acceptors (Lipinski definition) is 3. The van der Waals surface area contributed by atoms with Gasteiger partial charge in [0.15, 0.2) is 5.76 Å². The van der Waals surface area contributed by atoms with Crippen LogP contribution in [0, 0.1) is 0 Å². The number of fused-ring (bicyclic) bond motifs is 1. The van der Waals surface area contributed by atoms with Gasteiger partial charge in [-0.05, 0) is 55.2 Å². The molecule has 0 aliphatic carbocycles. The summed E-state index contributed by atoms with van der Waals surface area (Å²) in [6.07, 6.45) is 5.48. The zero-order valence-electron chi connectivity index (χ0n) is 17.0. The van der Waals surface area contributed by atoms with E-state index in [1.165, 1.54) is 12.1 Å². The normalized spacial score (nSPS) is 19.6. The molecule has 2 aliphatic rings. The van der Waals surface area contributed by atoms with Gasteiger partial charge in [-0.1, -0.05) is 29.8 Å². The summed E-state index contributed by atoms with van der Waals surface area (Å²) in [5.74, 6) is 1.27. The van der Waals surface area contributed by atoms with Crippen LogP contribution in [0.15, 0.2) is 59.1 Å². The van der Waals surface area contributed by atoms with Crippen LogP contribution in [0.25, 0.3) is 0 Å². The minimum absolute atomic E-state index is 0.0103. The number of benzene rings is 1. The summed E-state index contributed by atoms with van der Waals surface area (Å²) >= 11 is 6.58. The molecule has 4 heterocycles. The van der Waals surface area contributed by atoms with E-state index in [1.54, 1.807) is 0 Å². The van der Waals surface area contributed by atoms with Gasteiger partial charge in [-0.15, -0.1) is 0 Å². The number of rotatable bonds is 4. The second-order valence-corrected chi connectivity index (χ2v) is 8.55. The van der Waals surface area contributed by atoms with E-state index in [0.717, 1.165) is 55.4 Å². The quantitative estimate of drug-likeness (QED) is 0.595. The maximum absolute atomic E-state index is 12.8. The molecule has 5 rings (SSSR count). The molecule has 1 fully saturated rings. The van der Waals surface area contributed by atoms with Crippen molar-refractivity contribution in [2.45, 2.75) is 38.4 Å². The molecule has 5 nitrogen and oxygen atoms in total. The average molecular weight is 424 g/mol. The van der Waals surface area contributed by atoms with E-state index in [1.807, 2.05) is 35.2 Å². The van der Waals surface area contributed by atoms with Crippen LogP contribution >= 0.6 is 11.6 Å². The van der Waals surface area contributed by atoms with Crippen LogP contribution in [0.1, 0.15) is 52.9 Å². The number of likely N-dealkylation sites (tertiary alicyclic amines) is 1. The van der Waals surface area contributed by atoms with Gasteiger partial charge in [-0.25, -0.2) is 0 Å². The number of halogens is 1. The number of hydrogen-bond donors (Lipinski definition) is 0. The van der Waals surface area contributed by atoms with Gasteiger partial charge >= 0.3 is 0 Å². The molecule has 1 aromatic carbocycles. The lowest BCUT2D eigenvalue weighted by Gasteiger charge is -2.37. The molecule has 2 aliphatic heterocycles. The van der Waals surface area contributed by atoms with Gasteiger partial charge in [0.2, 0.25) is 0 Å². The molecular formula is C24H26ClN3O2. The maximum Gasteiger partial charge on any atom is 0.289 e. The van der Waals surface area contributed by atoms with Crippen LogP contribution < -0.4 is 0 Å². The van der Waals surface area contributed by atoms with Crippen LogP contribution in [-0.4, -0.2) is 39.9 Å². The Labute approximate surface area is 181 Å². The Morgan fingerprint density at radius 1 is 0.967 bits per heavy atom. The summed E-state index contributed by atoms with van der Waals surface area (Å²) < 4.78 is 8.30. The number of nitrogens with zero attached hydrogens (tertiary/aromatic N) is 3. The lowest BCUT2D eigenvalue weighted by molar-refractivity contribution is 0.0686. The smallest absolute Gasteiger partial charge is 0.289 e. The summed E-state index contributed by atoms with van der Waals surface area (Å²) in [6, 6.07) is 16.1. The van der Waals surface area contributed by atoms with Gasteiger partial charge in [0.25, 0.3) is 5.91 Å². The van der Waals surface area contributed by atoms with Gasteiger partial charge in [0, 0.05) is 43.1 Å². The van der Waals surface area contributed by atoms with E-state index >= 15 is 0 Å². The molecule has 1 amide bonds. The Morgan fingerprint density at radius 2 is 1.80 bits per heavy atom. The summed E-state index contributed by atoms with van der Waals surface area (Å²) in [4.78, 5) is 17.1. The van der Waals surface area contributed by atoms with Crippen molar-refractivity contribution in [2.75, 3.05) is 19.6 Å². The fourth-order valence-corrected chi connectivity index (χ4v) is 4.92.